The van der Waals surface area contributed by atoms with Crippen LogP contribution in [-0.2, 0) is 6.42 Å². The molecule has 1 amide bonds. The predicted octanol–water partition coefficient (Wildman–Crippen LogP) is 3.77. The van der Waals surface area contributed by atoms with E-state index in [2.05, 4.69) is 54.8 Å². The minimum Gasteiger partial charge on any atom is -0.336 e. The van der Waals surface area contributed by atoms with Crippen molar-refractivity contribution >= 4 is 43.4 Å². The summed E-state index contributed by atoms with van der Waals surface area (Å²) in [6.45, 7) is 7.20. The molecule has 2 aromatic carbocycles. The monoisotopic (exact) mass is 469 g/mol. The lowest BCUT2D eigenvalue weighted by atomic mass is 9.99. The van der Waals surface area contributed by atoms with Crippen LogP contribution in [0.15, 0.2) is 48.5 Å². The maximum Gasteiger partial charge on any atom is 0.254 e. The van der Waals surface area contributed by atoms with Crippen molar-refractivity contribution in [3.05, 3.63) is 70.8 Å². The molecule has 166 valence electrons. The molecule has 30 heavy (non-hydrogen) atoms. The number of carbonyl (C=O) groups is 1. The van der Waals surface area contributed by atoms with Crippen LogP contribution in [0.3, 0.4) is 0 Å². The molecular weight excluding hydrogens is 437 g/mol. The average Bonchev–Trinajstić information content (AvgIpc) is 2.71. The number of rotatable bonds is 6. The number of nitrogens with two attached hydrogens (primary N) is 1. The standard InChI is InChI=1S/C23H31N3OS.2ClH/c1-17-7-6-10-22(18(17)2)23(27)26-12-11-25(14-20(24)16-28)21(15-26)13-19-8-4-3-5-9-19;;/h3-10,20-21,28H,11-16,24H2,1-2H3;2*1H. The van der Waals surface area contributed by atoms with Gasteiger partial charge in [-0.3, -0.25) is 9.69 Å². The van der Waals surface area contributed by atoms with Crippen molar-refractivity contribution in [2.75, 3.05) is 31.9 Å². The van der Waals surface area contributed by atoms with E-state index in [9.17, 15) is 4.79 Å². The summed E-state index contributed by atoms with van der Waals surface area (Å²) in [6.07, 6.45) is 0.913. The highest BCUT2D eigenvalue weighted by Crippen LogP contribution is 2.20. The summed E-state index contributed by atoms with van der Waals surface area (Å²) in [5, 5.41) is 0. The Morgan fingerprint density at radius 3 is 2.47 bits per heavy atom. The molecular formula is C23H33Cl2N3OS. The fourth-order valence-corrected chi connectivity index (χ4v) is 4.03. The SMILES string of the molecule is Cc1cccc(C(=O)N2CCN(CC(N)CS)C(Cc3ccccc3)C2)c1C.Cl.Cl. The maximum atomic E-state index is 13.2. The van der Waals surface area contributed by atoms with Crippen molar-refractivity contribution in [2.45, 2.75) is 32.4 Å². The minimum atomic E-state index is 0. The second-order valence-corrected chi connectivity index (χ2v) is 8.14. The third-order valence-electron chi connectivity index (χ3n) is 5.74. The van der Waals surface area contributed by atoms with Gasteiger partial charge in [0.15, 0.2) is 0 Å². The highest BCUT2D eigenvalue weighted by Gasteiger charge is 2.31. The number of amides is 1. The van der Waals surface area contributed by atoms with E-state index in [0.717, 1.165) is 49.3 Å². The van der Waals surface area contributed by atoms with Gasteiger partial charge in [-0.05, 0) is 43.0 Å². The third kappa shape index (κ3) is 6.63. The van der Waals surface area contributed by atoms with Gasteiger partial charge in [-0.2, -0.15) is 12.6 Å². The minimum absolute atomic E-state index is 0. The fourth-order valence-electron chi connectivity index (χ4n) is 3.91. The molecule has 2 unspecified atom stereocenters. The van der Waals surface area contributed by atoms with Crippen LogP contribution in [0.5, 0.6) is 0 Å². The third-order valence-corrected chi connectivity index (χ3v) is 6.21. The number of benzene rings is 2. The van der Waals surface area contributed by atoms with Crippen LogP contribution in [0.1, 0.15) is 27.0 Å². The lowest BCUT2D eigenvalue weighted by Crippen LogP contribution is -2.58. The van der Waals surface area contributed by atoms with Gasteiger partial charge in [0.25, 0.3) is 5.91 Å². The van der Waals surface area contributed by atoms with Crippen molar-refractivity contribution in [3.63, 3.8) is 0 Å². The molecule has 2 aromatic rings. The lowest BCUT2D eigenvalue weighted by Gasteiger charge is -2.42. The summed E-state index contributed by atoms with van der Waals surface area (Å²) in [7, 11) is 0. The number of hydrogen-bond donors (Lipinski definition) is 2. The van der Waals surface area contributed by atoms with Gasteiger partial charge in [0.1, 0.15) is 0 Å². The molecule has 0 aromatic heterocycles. The molecule has 3 rings (SSSR count). The van der Waals surface area contributed by atoms with Crippen molar-refractivity contribution in [1.82, 2.24) is 9.80 Å². The summed E-state index contributed by atoms with van der Waals surface area (Å²) in [6, 6.07) is 16.8. The first-order chi connectivity index (χ1) is 13.5. The van der Waals surface area contributed by atoms with Gasteiger partial charge in [0, 0.05) is 49.6 Å². The number of carbonyl (C=O) groups excluding carboxylic acids is 1. The Kier molecular flexibility index (Phi) is 11.2. The first kappa shape index (κ1) is 26.8. The normalized spacial score (nSPS) is 17.6. The Labute approximate surface area is 198 Å². The zero-order valence-corrected chi connectivity index (χ0v) is 20.2. The molecule has 2 N–H and O–H groups in total. The summed E-state index contributed by atoms with van der Waals surface area (Å²) in [4.78, 5) is 17.7. The van der Waals surface area contributed by atoms with Gasteiger partial charge in [-0.15, -0.1) is 24.8 Å². The molecule has 0 bridgehead atoms. The summed E-state index contributed by atoms with van der Waals surface area (Å²) in [5.74, 6) is 0.803. The fraction of sp³-hybridized carbons (Fsp3) is 0.435. The Morgan fingerprint density at radius 1 is 1.10 bits per heavy atom. The average molecular weight is 471 g/mol. The Hall–Kier alpha value is -1.24. The van der Waals surface area contributed by atoms with Crippen LogP contribution < -0.4 is 5.73 Å². The number of hydrogen-bond acceptors (Lipinski definition) is 4. The molecule has 2 atom stereocenters. The van der Waals surface area contributed by atoms with E-state index in [-0.39, 0.29) is 42.8 Å². The summed E-state index contributed by atoms with van der Waals surface area (Å²) in [5.41, 5.74) is 10.5. The van der Waals surface area contributed by atoms with E-state index < -0.39 is 0 Å². The van der Waals surface area contributed by atoms with E-state index in [1.165, 1.54) is 5.56 Å². The second kappa shape index (κ2) is 12.6. The second-order valence-electron chi connectivity index (χ2n) is 7.78. The summed E-state index contributed by atoms with van der Waals surface area (Å²) >= 11 is 4.35. The van der Waals surface area contributed by atoms with E-state index in [1.807, 2.05) is 30.0 Å². The Bertz CT molecular complexity index is 806. The first-order valence-electron chi connectivity index (χ1n) is 9.99. The number of nitrogens with zero attached hydrogens (tertiary/aromatic N) is 2. The van der Waals surface area contributed by atoms with Crippen LogP contribution >= 0.6 is 37.4 Å². The zero-order chi connectivity index (χ0) is 20.1. The van der Waals surface area contributed by atoms with E-state index in [0.29, 0.717) is 5.75 Å². The Balaban J connectivity index is 0.00000225. The summed E-state index contributed by atoms with van der Waals surface area (Å²) < 4.78 is 0. The van der Waals surface area contributed by atoms with Gasteiger partial charge in [0.05, 0.1) is 0 Å². The van der Waals surface area contributed by atoms with Gasteiger partial charge in [-0.25, -0.2) is 0 Å². The largest absolute Gasteiger partial charge is 0.336 e. The molecule has 1 heterocycles. The molecule has 0 radical (unpaired) electrons. The number of piperazine rings is 1. The molecule has 1 fully saturated rings. The highest BCUT2D eigenvalue weighted by atomic mass is 35.5. The van der Waals surface area contributed by atoms with Gasteiger partial charge < -0.3 is 10.6 Å². The van der Waals surface area contributed by atoms with Crippen LogP contribution in [0.2, 0.25) is 0 Å². The van der Waals surface area contributed by atoms with Crippen LogP contribution in [0.4, 0.5) is 0 Å². The van der Waals surface area contributed by atoms with Gasteiger partial charge >= 0.3 is 0 Å². The van der Waals surface area contributed by atoms with Gasteiger partial charge in [-0.1, -0.05) is 42.5 Å². The maximum absolute atomic E-state index is 13.2. The van der Waals surface area contributed by atoms with E-state index >= 15 is 0 Å². The molecule has 4 nitrogen and oxygen atoms in total. The van der Waals surface area contributed by atoms with Crippen LogP contribution in [0.25, 0.3) is 0 Å². The molecule has 0 spiro atoms. The lowest BCUT2D eigenvalue weighted by molar-refractivity contribution is 0.0471. The Morgan fingerprint density at radius 2 is 1.80 bits per heavy atom. The molecule has 0 saturated carbocycles. The van der Waals surface area contributed by atoms with Crippen molar-refractivity contribution in [2.24, 2.45) is 5.73 Å². The smallest absolute Gasteiger partial charge is 0.254 e. The first-order valence-corrected chi connectivity index (χ1v) is 10.6. The van der Waals surface area contributed by atoms with Crippen molar-refractivity contribution < 1.29 is 4.79 Å². The number of halogens is 2. The topological polar surface area (TPSA) is 49.6 Å². The van der Waals surface area contributed by atoms with Crippen molar-refractivity contribution in [3.8, 4) is 0 Å². The molecule has 7 heteroatoms. The number of aryl methyl sites for hydroxylation is 1. The molecule has 1 aliphatic heterocycles. The van der Waals surface area contributed by atoms with E-state index in [4.69, 9.17) is 5.73 Å². The highest BCUT2D eigenvalue weighted by molar-refractivity contribution is 7.80. The van der Waals surface area contributed by atoms with Crippen LogP contribution in [-0.4, -0.2) is 59.7 Å². The van der Waals surface area contributed by atoms with E-state index in [1.54, 1.807) is 0 Å². The van der Waals surface area contributed by atoms with Crippen LogP contribution in [0, 0.1) is 13.8 Å². The zero-order valence-electron chi connectivity index (χ0n) is 17.7. The predicted molar refractivity (Wildman–Crippen MR) is 134 cm³/mol. The molecule has 0 aliphatic carbocycles. The molecule has 1 saturated heterocycles. The number of thiol groups is 1. The van der Waals surface area contributed by atoms with Gasteiger partial charge in [0.2, 0.25) is 0 Å². The molecule has 1 aliphatic rings. The van der Waals surface area contributed by atoms with Crippen molar-refractivity contribution in [1.29, 1.82) is 0 Å². The quantitative estimate of drug-likeness (QED) is 0.632.